The molecule has 0 amide bonds. The van der Waals surface area contributed by atoms with Crippen molar-refractivity contribution < 1.29 is 28.6 Å². The van der Waals surface area contributed by atoms with Gasteiger partial charge < -0.3 is 14.2 Å². The molecule has 0 N–H and O–H groups in total. The zero-order valence-electron chi connectivity index (χ0n) is 48.5. The highest BCUT2D eigenvalue weighted by molar-refractivity contribution is 5.71. The Morgan fingerprint density at radius 2 is 0.500 bits per heavy atom. The standard InChI is InChI=1S/C66H122O6/c1-4-7-10-13-16-18-20-22-24-26-28-29-30-31-32-33-34-35-36-37-39-40-42-44-46-48-50-53-56-59-65(68)71-62-63(61-70-64(67)58-55-52-15-12-9-6-3)72-66(69)60-57-54-51-49-47-45-43-41-38-27-25-23-21-19-17-14-11-8-5-2/h20,22-23,25-26,28,63H,4-19,21,24,27,29-62H2,1-3H3/b22-20-,25-23-,28-26-. The summed E-state index contributed by atoms with van der Waals surface area (Å²) in [7, 11) is 0. The van der Waals surface area contributed by atoms with E-state index >= 15 is 0 Å². The molecule has 0 heterocycles. The molecule has 6 nitrogen and oxygen atoms in total. The van der Waals surface area contributed by atoms with E-state index in [1.807, 2.05) is 0 Å². The van der Waals surface area contributed by atoms with Gasteiger partial charge in [0.15, 0.2) is 6.10 Å². The van der Waals surface area contributed by atoms with E-state index in [1.54, 1.807) is 0 Å². The summed E-state index contributed by atoms with van der Waals surface area (Å²) >= 11 is 0. The highest BCUT2D eigenvalue weighted by atomic mass is 16.6. The third-order valence-corrected chi connectivity index (χ3v) is 14.4. The summed E-state index contributed by atoms with van der Waals surface area (Å²) in [4.78, 5) is 38.0. The number of carbonyl (C=O) groups excluding carboxylic acids is 3. The highest BCUT2D eigenvalue weighted by Gasteiger charge is 2.19. The van der Waals surface area contributed by atoms with E-state index in [9.17, 15) is 14.4 Å². The van der Waals surface area contributed by atoms with Gasteiger partial charge in [0.05, 0.1) is 0 Å². The van der Waals surface area contributed by atoms with E-state index in [4.69, 9.17) is 14.2 Å². The van der Waals surface area contributed by atoms with Crippen molar-refractivity contribution in [1.82, 2.24) is 0 Å². The van der Waals surface area contributed by atoms with Gasteiger partial charge in [-0.2, -0.15) is 0 Å². The number of unbranched alkanes of at least 4 members (excludes halogenated alkanes) is 42. The maximum absolute atomic E-state index is 12.8. The third-order valence-electron chi connectivity index (χ3n) is 14.4. The summed E-state index contributed by atoms with van der Waals surface area (Å²) in [6.45, 7) is 6.61. The van der Waals surface area contributed by atoms with Crippen molar-refractivity contribution in [3.8, 4) is 0 Å². The van der Waals surface area contributed by atoms with Crippen LogP contribution in [-0.2, 0) is 28.6 Å². The molecule has 0 aliphatic carbocycles. The molecule has 0 aromatic carbocycles. The largest absolute Gasteiger partial charge is 0.462 e. The van der Waals surface area contributed by atoms with Crippen molar-refractivity contribution >= 4 is 17.9 Å². The van der Waals surface area contributed by atoms with Crippen LogP contribution in [0.15, 0.2) is 36.5 Å². The quantitative estimate of drug-likeness (QED) is 0.0261. The van der Waals surface area contributed by atoms with Gasteiger partial charge in [0.25, 0.3) is 0 Å². The SMILES string of the molecule is CCCCCCC/C=C\C/C=C\CCCCCCCCCCCCCCCCCCCC(=O)OCC(COC(=O)CCCCCCCC)OC(=O)CCCCCCCCCCC/C=C\CCCCCCCC. The van der Waals surface area contributed by atoms with Crippen LogP contribution in [0.1, 0.15) is 348 Å². The smallest absolute Gasteiger partial charge is 0.306 e. The highest BCUT2D eigenvalue weighted by Crippen LogP contribution is 2.17. The first-order valence-electron chi connectivity index (χ1n) is 32.0. The van der Waals surface area contributed by atoms with Gasteiger partial charge in [-0.3, -0.25) is 14.4 Å². The lowest BCUT2D eigenvalue weighted by Gasteiger charge is -2.18. The van der Waals surface area contributed by atoms with E-state index in [0.717, 1.165) is 64.2 Å². The van der Waals surface area contributed by atoms with Gasteiger partial charge in [-0.1, -0.05) is 288 Å². The van der Waals surface area contributed by atoms with Crippen molar-refractivity contribution in [2.75, 3.05) is 13.2 Å². The molecule has 0 bridgehead atoms. The van der Waals surface area contributed by atoms with Crippen molar-refractivity contribution in [1.29, 1.82) is 0 Å². The van der Waals surface area contributed by atoms with Crippen molar-refractivity contribution in [3.05, 3.63) is 36.5 Å². The van der Waals surface area contributed by atoms with Crippen LogP contribution in [0.3, 0.4) is 0 Å². The molecule has 0 radical (unpaired) electrons. The second-order valence-electron chi connectivity index (χ2n) is 21.7. The van der Waals surface area contributed by atoms with Crippen molar-refractivity contribution in [3.63, 3.8) is 0 Å². The number of hydrogen-bond donors (Lipinski definition) is 0. The first kappa shape index (κ1) is 69.6. The number of ether oxygens (including phenoxy) is 3. The van der Waals surface area contributed by atoms with E-state index in [2.05, 4.69) is 57.2 Å². The minimum absolute atomic E-state index is 0.0688. The average Bonchev–Trinajstić information content (AvgIpc) is 3.38. The van der Waals surface area contributed by atoms with E-state index in [0.29, 0.717) is 19.3 Å². The summed E-state index contributed by atoms with van der Waals surface area (Å²) in [6, 6.07) is 0. The number of hydrogen-bond acceptors (Lipinski definition) is 6. The Balaban J connectivity index is 4.01. The minimum Gasteiger partial charge on any atom is -0.462 e. The third kappa shape index (κ3) is 58.5. The Morgan fingerprint density at radius 1 is 0.278 bits per heavy atom. The van der Waals surface area contributed by atoms with Crippen molar-refractivity contribution in [2.24, 2.45) is 0 Å². The molecule has 0 aliphatic heterocycles. The molecule has 1 unspecified atom stereocenters. The van der Waals surface area contributed by atoms with Gasteiger partial charge >= 0.3 is 17.9 Å². The molecule has 0 aromatic rings. The molecule has 0 saturated carbocycles. The van der Waals surface area contributed by atoms with Crippen molar-refractivity contribution in [2.45, 2.75) is 354 Å². The predicted octanol–water partition coefficient (Wildman–Crippen LogP) is 21.6. The van der Waals surface area contributed by atoms with Gasteiger partial charge in [0.2, 0.25) is 0 Å². The lowest BCUT2D eigenvalue weighted by molar-refractivity contribution is -0.167. The van der Waals surface area contributed by atoms with Crippen LogP contribution in [0, 0.1) is 0 Å². The number of allylic oxidation sites excluding steroid dienone is 6. The van der Waals surface area contributed by atoms with Gasteiger partial charge in [-0.25, -0.2) is 0 Å². The molecule has 0 aliphatic rings. The van der Waals surface area contributed by atoms with Gasteiger partial charge in [0, 0.05) is 19.3 Å². The number of esters is 3. The molecule has 0 saturated heterocycles. The van der Waals surface area contributed by atoms with Gasteiger partial charge in [-0.05, 0) is 77.0 Å². The molecule has 1 atom stereocenters. The molecule has 0 rings (SSSR count). The maximum atomic E-state index is 12.8. The van der Waals surface area contributed by atoms with E-state index in [1.165, 1.54) is 244 Å². The first-order valence-corrected chi connectivity index (χ1v) is 32.0. The first-order chi connectivity index (χ1) is 35.5. The Bertz CT molecular complexity index is 1210. The maximum Gasteiger partial charge on any atom is 0.306 e. The zero-order valence-corrected chi connectivity index (χ0v) is 48.5. The fourth-order valence-electron chi connectivity index (χ4n) is 9.53. The van der Waals surface area contributed by atoms with E-state index in [-0.39, 0.29) is 31.1 Å². The van der Waals surface area contributed by atoms with Gasteiger partial charge in [0.1, 0.15) is 13.2 Å². The Labute approximate surface area is 448 Å². The van der Waals surface area contributed by atoms with E-state index < -0.39 is 6.10 Å². The normalized spacial score (nSPS) is 12.2. The molecule has 0 fully saturated rings. The Hall–Kier alpha value is -2.37. The second kappa shape index (κ2) is 61.2. The lowest BCUT2D eigenvalue weighted by atomic mass is 10.0. The average molecular weight is 1010 g/mol. The topological polar surface area (TPSA) is 78.9 Å². The van der Waals surface area contributed by atoms with Gasteiger partial charge in [-0.15, -0.1) is 0 Å². The monoisotopic (exact) mass is 1010 g/mol. The summed E-state index contributed by atoms with van der Waals surface area (Å²) in [6.07, 6.45) is 74.8. The predicted molar refractivity (Wildman–Crippen MR) is 312 cm³/mol. The molecular weight excluding hydrogens is 889 g/mol. The molecule has 6 heteroatoms. The van der Waals surface area contributed by atoms with Crippen LogP contribution in [0.4, 0.5) is 0 Å². The van der Waals surface area contributed by atoms with Crippen LogP contribution in [-0.4, -0.2) is 37.2 Å². The molecule has 72 heavy (non-hydrogen) atoms. The summed E-state index contributed by atoms with van der Waals surface area (Å²) in [5, 5.41) is 0. The number of rotatable bonds is 59. The van der Waals surface area contributed by atoms with Crippen LogP contribution in [0.5, 0.6) is 0 Å². The fourth-order valence-corrected chi connectivity index (χ4v) is 9.53. The van der Waals surface area contributed by atoms with Crippen LogP contribution >= 0.6 is 0 Å². The summed E-state index contributed by atoms with van der Waals surface area (Å²) in [5.41, 5.74) is 0. The molecule has 422 valence electrons. The lowest BCUT2D eigenvalue weighted by Crippen LogP contribution is -2.30. The van der Waals surface area contributed by atoms with Crippen LogP contribution < -0.4 is 0 Å². The summed E-state index contributed by atoms with van der Waals surface area (Å²) in [5.74, 6) is -0.861. The minimum atomic E-state index is -0.768. The van der Waals surface area contributed by atoms with Crippen LogP contribution in [0.25, 0.3) is 0 Å². The Morgan fingerprint density at radius 3 is 0.778 bits per heavy atom. The Kier molecular flexibility index (Phi) is 59.2. The summed E-state index contributed by atoms with van der Waals surface area (Å²) < 4.78 is 16.8. The number of carbonyl (C=O) groups is 3. The fraction of sp³-hybridized carbons (Fsp3) is 0.864. The molecule has 0 aromatic heterocycles. The van der Waals surface area contributed by atoms with Crippen LogP contribution in [0.2, 0.25) is 0 Å². The molecule has 0 spiro atoms. The zero-order chi connectivity index (χ0) is 52.2. The second-order valence-corrected chi connectivity index (χ2v) is 21.7. The molecular formula is C66H122O6.